The second-order valence-corrected chi connectivity index (χ2v) is 10.8. The highest BCUT2D eigenvalue weighted by Crippen LogP contribution is 2.34. The SMILES string of the molecule is COc1ccc(S(=O)(=O)N2CCOc3ccc(CN(C(=O)C4CC4)c4ccccc4)cc3C2)cc1. The third-order valence-corrected chi connectivity index (χ3v) is 8.23. The molecular weight excluding hydrogens is 464 g/mol. The van der Waals surface area contributed by atoms with E-state index in [1.807, 2.05) is 53.4 Å². The number of benzene rings is 3. The molecule has 7 nitrogen and oxygen atoms in total. The number of methoxy groups -OCH3 is 1. The van der Waals surface area contributed by atoms with Gasteiger partial charge >= 0.3 is 0 Å². The van der Waals surface area contributed by atoms with E-state index in [0.29, 0.717) is 18.0 Å². The fraction of sp³-hybridized carbons (Fsp3) is 0.296. The lowest BCUT2D eigenvalue weighted by Crippen LogP contribution is -2.32. The van der Waals surface area contributed by atoms with Gasteiger partial charge in [0.2, 0.25) is 15.9 Å². The van der Waals surface area contributed by atoms with E-state index in [4.69, 9.17) is 9.47 Å². The number of carbonyl (C=O) groups is 1. The van der Waals surface area contributed by atoms with Crippen molar-refractivity contribution in [2.24, 2.45) is 5.92 Å². The van der Waals surface area contributed by atoms with E-state index < -0.39 is 10.0 Å². The third kappa shape index (κ3) is 5.04. The smallest absolute Gasteiger partial charge is 0.243 e. The Hall–Kier alpha value is -3.36. The standard InChI is InChI=1S/C27H28N2O5S/c1-33-24-10-12-25(13-11-24)35(31,32)28-15-16-34-26-14-7-20(17-22(26)19-28)18-29(27(30)21-8-9-21)23-5-3-2-4-6-23/h2-7,10-14,17,21H,8-9,15-16,18-19H2,1H3. The van der Waals surface area contributed by atoms with Crippen molar-refractivity contribution in [1.82, 2.24) is 4.31 Å². The van der Waals surface area contributed by atoms with Gasteiger partial charge in [-0.1, -0.05) is 24.3 Å². The van der Waals surface area contributed by atoms with Crippen molar-refractivity contribution in [3.63, 3.8) is 0 Å². The number of hydrogen-bond acceptors (Lipinski definition) is 5. The minimum Gasteiger partial charge on any atom is -0.497 e. The Morgan fingerprint density at radius 3 is 2.49 bits per heavy atom. The minimum absolute atomic E-state index is 0.0875. The van der Waals surface area contributed by atoms with Crippen LogP contribution in [0.1, 0.15) is 24.0 Å². The highest BCUT2D eigenvalue weighted by Gasteiger charge is 2.34. The van der Waals surface area contributed by atoms with Gasteiger partial charge in [-0.2, -0.15) is 4.31 Å². The van der Waals surface area contributed by atoms with Gasteiger partial charge in [0.1, 0.15) is 18.1 Å². The lowest BCUT2D eigenvalue weighted by atomic mass is 10.1. The second-order valence-electron chi connectivity index (χ2n) is 8.84. The number of sulfonamides is 1. The number of anilines is 1. The molecule has 0 saturated heterocycles. The van der Waals surface area contributed by atoms with Crippen molar-refractivity contribution >= 4 is 21.6 Å². The lowest BCUT2D eigenvalue weighted by Gasteiger charge is -2.24. The van der Waals surface area contributed by atoms with Gasteiger partial charge in [-0.3, -0.25) is 4.79 Å². The topological polar surface area (TPSA) is 76.2 Å². The average molecular weight is 493 g/mol. The molecule has 0 bridgehead atoms. The summed E-state index contributed by atoms with van der Waals surface area (Å²) in [5.74, 6) is 1.48. The molecule has 0 spiro atoms. The molecule has 0 radical (unpaired) electrons. The molecule has 0 unspecified atom stereocenters. The fourth-order valence-electron chi connectivity index (χ4n) is 4.26. The van der Waals surface area contributed by atoms with E-state index >= 15 is 0 Å². The van der Waals surface area contributed by atoms with Crippen molar-refractivity contribution in [1.29, 1.82) is 0 Å². The number of ether oxygens (including phenoxy) is 2. The molecule has 1 heterocycles. The number of fused-ring (bicyclic) bond motifs is 1. The Kier molecular flexibility index (Phi) is 6.49. The molecule has 2 aliphatic rings. The molecule has 1 aliphatic carbocycles. The number of amides is 1. The van der Waals surface area contributed by atoms with Crippen LogP contribution < -0.4 is 14.4 Å². The van der Waals surface area contributed by atoms with Crippen molar-refractivity contribution in [3.8, 4) is 11.5 Å². The second kappa shape index (κ2) is 9.71. The average Bonchev–Trinajstić information content (AvgIpc) is 3.74. The van der Waals surface area contributed by atoms with Crippen LogP contribution in [0.3, 0.4) is 0 Å². The fourth-order valence-corrected chi connectivity index (χ4v) is 5.66. The molecule has 0 N–H and O–H groups in total. The van der Waals surface area contributed by atoms with Crippen LogP contribution in [-0.2, 0) is 27.9 Å². The Balaban J connectivity index is 1.41. The van der Waals surface area contributed by atoms with Crippen molar-refractivity contribution in [2.45, 2.75) is 30.8 Å². The van der Waals surface area contributed by atoms with Crippen LogP contribution in [0.4, 0.5) is 5.69 Å². The van der Waals surface area contributed by atoms with Gasteiger partial charge in [0, 0.05) is 30.3 Å². The Morgan fingerprint density at radius 1 is 1.06 bits per heavy atom. The number of rotatable bonds is 7. The summed E-state index contributed by atoms with van der Waals surface area (Å²) in [5.41, 5.74) is 2.57. The van der Waals surface area contributed by atoms with Crippen molar-refractivity contribution in [2.75, 3.05) is 25.2 Å². The van der Waals surface area contributed by atoms with E-state index in [9.17, 15) is 13.2 Å². The summed E-state index contributed by atoms with van der Waals surface area (Å²) in [7, 11) is -2.17. The van der Waals surface area contributed by atoms with Gasteiger partial charge in [-0.05, 0) is 66.9 Å². The summed E-state index contributed by atoms with van der Waals surface area (Å²) in [6, 6.07) is 21.8. The van der Waals surface area contributed by atoms with Crippen LogP contribution in [0.5, 0.6) is 11.5 Å². The van der Waals surface area contributed by atoms with Gasteiger partial charge in [-0.15, -0.1) is 0 Å². The Bertz CT molecular complexity index is 1310. The van der Waals surface area contributed by atoms with Crippen LogP contribution in [-0.4, -0.2) is 38.9 Å². The molecular formula is C27H28N2O5S. The first-order chi connectivity index (χ1) is 17.0. The Morgan fingerprint density at radius 2 is 1.80 bits per heavy atom. The molecule has 3 aromatic carbocycles. The molecule has 182 valence electrons. The van der Waals surface area contributed by atoms with Crippen molar-refractivity contribution < 1.29 is 22.7 Å². The zero-order valence-corrected chi connectivity index (χ0v) is 20.4. The summed E-state index contributed by atoms with van der Waals surface area (Å²) in [5, 5.41) is 0. The predicted molar refractivity (Wildman–Crippen MR) is 133 cm³/mol. The molecule has 0 atom stereocenters. The zero-order chi connectivity index (χ0) is 24.4. The van der Waals surface area contributed by atoms with Crippen LogP contribution >= 0.6 is 0 Å². The van der Waals surface area contributed by atoms with Gasteiger partial charge in [-0.25, -0.2) is 8.42 Å². The van der Waals surface area contributed by atoms with E-state index in [-0.39, 0.29) is 36.4 Å². The zero-order valence-electron chi connectivity index (χ0n) is 19.6. The van der Waals surface area contributed by atoms with Crippen LogP contribution in [0.15, 0.2) is 77.7 Å². The molecule has 1 amide bonds. The highest BCUT2D eigenvalue weighted by atomic mass is 32.2. The summed E-state index contributed by atoms with van der Waals surface area (Å²) >= 11 is 0. The lowest BCUT2D eigenvalue weighted by molar-refractivity contribution is -0.119. The third-order valence-electron chi connectivity index (χ3n) is 6.37. The van der Waals surface area contributed by atoms with Gasteiger partial charge in [0.15, 0.2) is 0 Å². The van der Waals surface area contributed by atoms with E-state index in [2.05, 4.69) is 0 Å². The summed E-state index contributed by atoms with van der Waals surface area (Å²) in [6.07, 6.45) is 1.86. The minimum atomic E-state index is -3.72. The first-order valence-electron chi connectivity index (χ1n) is 11.7. The maximum Gasteiger partial charge on any atom is 0.243 e. The van der Waals surface area contributed by atoms with Gasteiger partial charge in [0.25, 0.3) is 0 Å². The van der Waals surface area contributed by atoms with Crippen molar-refractivity contribution in [3.05, 3.63) is 83.9 Å². The monoisotopic (exact) mass is 492 g/mol. The van der Waals surface area contributed by atoms with Gasteiger partial charge in [0.05, 0.1) is 18.6 Å². The Labute approximate surface area is 205 Å². The van der Waals surface area contributed by atoms with E-state index in [0.717, 1.165) is 29.7 Å². The van der Waals surface area contributed by atoms with Crippen LogP contribution in [0.25, 0.3) is 0 Å². The maximum atomic E-state index is 13.3. The number of hydrogen-bond donors (Lipinski definition) is 0. The van der Waals surface area contributed by atoms with E-state index in [1.54, 1.807) is 31.4 Å². The normalized spacial score (nSPS) is 16.0. The molecule has 1 fully saturated rings. The molecule has 3 aromatic rings. The first kappa shape index (κ1) is 23.4. The maximum absolute atomic E-state index is 13.3. The summed E-state index contributed by atoms with van der Waals surface area (Å²) in [6.45, 7) is 1.12. The van der Waals surface area contributed by atoms with Crippen LogP contribution in [0.2, 0.25) is 0 Å². The van der Waals surface area contributed by atoms with E-state index in [1.165, 1.54) is 4.31 Å². The highest BCUT2D eigenvalue weighted by molar-refractivity contribution is 7.89. The molecule has 35 heavy (non-hydrogen) atoms. The molecule has 1 saturated carbocycles. The van der Waals surface area contributed by atoms with Gasteiger partial charge < -0.3 is 14.4 Å². The number of para-hydroxylation sites is 1. The summed E-state index contributed by atoms with van der Waals surface area (Å²) < 4.78 is 39.2. The quantitative estimate of drug-likeness (QED) is 0.494. The number of nitrogens with zero attached hydrogens (tertiary/aromatic N) is 2. The first-order valence-corrected chi connectivity index (χ1v) is 13.1. The molecule has 0 aromatic heterocycles. The summed E-state index contributed by atoms with van der Waals surface area (Å²) in [4.78, 5) is 15.1. The largest absolute Gasteiger partial charge is 0.497 e. The predicted octanol–water partition coefficient (Wildman–Crippen LogP) is 4.22. The molecule has 5 rings (SSSR count). The number of carbonyl (C=O) groups excluding carboxylic acids is 1. The van der Waals surface area contributed by atoms with Crippen LogP contribution in [0, 0.1) is 5.92 Å². The molecule has 8 heteroatoms. The molecule has 1 aliphatic heterocycles.